The third-order valence-electron chi connectivity index (χ3n) is 4.70. The quantitative estimate of drug-likeness (QED) is 0.517. The molecule has 0 aliphatic rings. The van der Waals surface area contributed by atoms with Crippen LogP contribution in [0.4, 0.5) is 0 Å². The average Bonchev–Trinajstić information content (AvgIpc) is 3.27. The molecule has 0 amide bonds. The second-order valence-corrected chi connectivity index (χ2v) is 10.6. The van der Waals surface area contributed by atoms with Gasteiger partial charge in [-0.2, -0.15) is 0 Å². The minimum Gasteiger partial charge on any atom is -0.497 e. The van der Waals surface area contributed by atoms with E-state index in [4.69, 9.17) is 13.9 Å². The van der Waals surface area contributed by atoms with Gasteiger partial charge >= 0.3 is 0 Å². The molecule has 10 heteroatoms. The lowest BCUT2D eigenvalue weighted by Gasteiger charge is -2.18. The fraction of sp³-hybridized carbons (Fsp3) is 0.238. The third kappa shape index (κ3) is 4.92. The minimum absolute atomic E-state index is 0.0673. The van der Waals surface area contributed by atoms with Gasteiger partial charge in [-0.3, -0.25) is 0 Å². The Bertz CT molecular complexity index is 1230. The first-order chi connectivity index (χ1) is 14.7. The van der Waals surface area contributed by atoms with E-state index in [-0.39, 0.29) is 21.3 Å². The van der Waals surface area contributed by atoms with E-state index in [2.05, 4.69) is 4.72 Å². The highest BCUT2D eigenvalue weighted by atomic mass is 32.2. The van der Waals surface area contributed by atoms with Crippen LogP contribution in [0.1, 0.15) is 16.6 Å². The maximum Gasteiger partial charge on any atom is 0.244 e. The molecule has 0 aliphatic carbocycles. The average molecular weight is 466 g/mol. The summed E-state index contributed by atoms with van der Waals surface area (Å²) in [6, 6.07) is 13.7. The number of ether oxygens (including phenoxy) is 2. The number of furan rings is 1. The first-order valence-electron chi connectivity index (χ1n) is 9.24. The van der Waals surface area contributed by atoms with E-state index in [1.54, 1.807) is 24.3 Å². The van der Waals surface area contributed by atoms with Gasteiger partial charge in [0.05, 0.1) is 25.4 Å². The molecule has 0 saturated carbocycles. The van der Waals surface area contributed by atoms with Gasteiger partial charge in [0, 0.05) is 12.6 Å². The minimum atomic E-state index is -4.13. The largest absolute Gasteiger partial charge is 0.497 e. The van der Waals surface area contributed by atoms with Crippen molar-refractivity contribution in [1.29, 1.82) is 0 Å². The Hall–Kier alpha value is -2.82. The number of hydrogen-bond acceptors (Lipinski definition) is 7. The highest BCUT2D eigenvalue weighted by Gasteiger charge is 2.33. The van der Waals surface area contributed by atoms with Crippen LogP contribution >= 0.6 is 0 Å². The zero-order valence-corrected chi connectivity index (χ0v) is 18.9. The van der Waals surface area contributed by atoms with E-state index in [1.807, 2.05) is 6.92 Å². The second kappa shape index (κ2) is 9.13. The van der Waals surface area contributed by atoms with Crippen molar-refractivity contribution in [2.24, 2.45) is 0 Å². The van der Waals surface area contributed by atoms with E-state index < -0.39 is 31.7 Å². The maximum atomic E-state index is 13.3. The number of sulfonamides is 1. The van der Waals surface area contributed by atoms with Gasteiger partial charge in [0.2, 0.25) is 10.0 Å². The predicted molar refractivity (Wildman–Crippen MR) is 115 cm³/mol. The molecule has 1 N–H and O–H groups in total. The molecule has 1 atom stereocenters. The lowest BCUT2D eigenvalue weighted by molar-refractivity contribution is 0.392. The first-order valence-corrected chi connectivity index (χ1v) is 12.3. The third-order valence-corrected chi connectivity index (χ3v) is 8.23. The van der Waals surface area contributed by atoms with Crippen LogP contribution < -0.4 is 14.2 Å². The van der Waals surface area contributed by atoms with Gasteiger partial charge < -0.3 is 13.9 Å². The van der Waals surface area contributed by atoms with Crippen LogP contribution in [0.2, 0.25) is 0 Å². The summed E-state index contributed by atoms with van der Waals surface area (Å²) < 4.78 is 70.5. The molecule has 3 aromatic rings. The molecule has 0 unspecified atom stereocenters. The summed E-state index contributed by atoms with van der Waals surface area (Å²) in [6.07, 6.45) is 1.34. The highest BCUT2D eigenvalue weighted by molar-refractivity contribution is 7.92. The molecule has 0 radical (unpaired) electrons. The van der Waals surface area contributed by atoms with Gasteiger partial charge in [0.15, 0.2) is 9.84 Å². The number of hydrogen-bond donors (Lipinski definition) is 1. The van der Waals surface area contributed by atoms with Crippen molar-refractivity contribution in [3.05, 3.63) is 72.2 Å². The number of rotatable bonds is 9. The van der Waals surface area contributed by atoms with E-state index in [1.165, 1.54) is 50.8 Å². The van der Waals surface area contributed by atoms with Crippen molar-refractivity contribution in [3.8, 4) is 11.5 Å². The Balaban J connectivity index is 1.96. The first kappa shape index (κ1) is 22.9. The topological polar surface area (TPSA) is 112 Å². The van der Waals surface area contributed by atoms with Crippen molar-refractivity contribution in [3.63, 3.8) is 0 Å². The molecule has 0 saturated heterocycles. The number of aryl methyl sites for hydroxylation is 1. The summed E-state index contributed by atoms with van der Waals surface area (Å²) in [5, 5.41) is -1.27. The lowest BCUT2D eigenvalue weighted by atomic mass is 10.2. The standard InChI is InChI=1S/C21H23NO7S2/c1-15-6-9-17(10-7-15)30(23,24)21(19-5-4-12-29-19)14-22-31(25,26)20-13-16(27-2)8-11-18(20)28-3/h4-13,21-22H,14H2,1-3H3/t21-/m0/s1. The fourth-order valence-electron chi connectivity index (χ4n) is 2.99. The maximum absolute atomic E-state index is 13.3. The molecule has 1 aromatic heterocycles. The van der Waals surface area contributed by atoms with E-state index in [9.17, 15) is 16.8 Å². The number of sulfone groups is 1. The molecule has 0 fully saturated rings. The summed E-state index contributed by atoms with van der Waals surface area (Å²) in [7, 11) is -5.33. The predicted octanol–water partition coefficient (Wildman–Crippen LogP) is 3.10. The van der Waals surface area contributed by atoms with Crippen LogP contribution in [0.5, 0.6) is 11.5 Å². The van der Waals surface area contributed by atoms with Crippen molar-refractivity contribution < 1.29 is 30.7 Å². The van der Waals surface area contributed by atoms with Crippen LogP contribution in [-0.2, 0) is 19.9 Å². The molecule has 1 heterocycles. The van der Waals surface area contributed by atoms with Crippen LogP contribution in [-0.4, -0.2) is 37.6 Å². The number of nitrogens with one attached hydrogen (secondary N) is 1. The van der Waals surface area contributed by atoms with Crippen LogP contribution in [0, 0.1) is 6.92 Å². The summed E-state index contributed by atoms with van der Waals surface area (Å²) >= 11 is 0. The Morgan fingerprint density at radius 3 is 2.26 bits per heavy atom. The van der Waals surface area contributed by atoms with Crippen LogP contribution in [0.25, 0.3) is 0 Å². The summed E-state index contributed by atoms with van der Waals surface area (Å²) in [4.78, 5) is -0.0991. The van der Waals surface area contributed by atoms with Gasteiger partial charge in [-0.1, -0.05) is 17.7 Å². The molecule has 31 heavy (non-hydrogen) atoms. The van der Waals surface area contributed by atoms with Crippen LogP contribution in [0.15, 0.2) is 75.1 Å². The Morgan fingerprint density at radius 1 is 0.968 bits per heavy atom. The summed E-state index contributed by atoms with van der Waals surface area (Å²) in [6.45, 7) is 1.41. The smallest absolute Gasteiger partial charge is 0.244 e. The van der Waals surface area contributed by atoms with Crippen molar-refractivity contribution >= 4 is 19.9 Å². The molecule has 0 bridgehead atoms. The summed E-state index contributed by atoms with van der Waals surface area (Å²) in [5.74, 6) is 0.543. The zero-order chi connectivity index (χ0) is 22.6. The molecule has 0 spiro atoms. The molecule has 166 valence electrons. The summed E-state index contributed by atoms with van der Waals surface area (Å²) in [5.41, 5.74) is 0.902. The normalized spacial score (nSPS) is 13.0. The van der Waals surface area contributed by atoms with E-state index in [0.29, 0.717) is 5.75 Å². The highest BCUT2D eigenvalue weighted by Crippen LogP contribution is 2.31. The van der Waals surface area contributed by atoms with Gasteiger partial charge in [0.1, 0.15) is 27.4 Å². The molecular formula is C21H23NO7S2. The Labute approximate surface area is 181 Å². The van der Waals surface area contributed by atoms with Crippen molar-refractivity contribution in [1.82, 2.24) is 4.72 Å². The second-order valence-electron chi connectivity index (χ2n) is 6.73. The van der Waals surface area contributed by atoms with E-state index >= 15 is 0 Å². The van der Waals surface area contributed by atoms with Gasteiger partial charge in [-0.05, 0) is 43.3 Å². The van der Waals surface area contributed by atoms with Gasteiger partial charge in [-0.25, -0.2) is 21.6 Å². The molecular weight excluding hydrogens is 442 g/mol. The number of methoxy groups -OCH3 is 2. The van der Waals surface area contributed by atoms with Crippen molar-refractivity contribution in [2.45, 2.75) is 22.0 Å². The molecule has 2 aromatic carbocycles. The lowest BCUT2D eigenvalue weighted by Crippen LogP contribution is -2.32. The monoisotopic (exact) mass is 465 g/mol. The molecule has 0 aliphatic heterocycles. The van der Waals surface area contributed by atoms with E-state index in [0.717, 1.165) is 5.56 Å². The zero-order valence-electron chi connectivity index (χ0n) is 17.2. The Morgan fingerprint density at radius 2 is 1.68 bits per heavy atom. The Kier molecular flexibility index (Phi) is 6.73. The fourth-order valence-corrected chi connectivity index (χ4v) is 5.91. The van der Waals surface area contributed by atoms with Gasteiger partial charge in [0.25, 0.3) is 0 Å². The SMILES string of the molecule is COc1ccc(OC)c(S(=O)(=O)NC[C@@H](c2ccco2)S(=O)(=O)c2ccc(C)cc2)c1. The number of benzene rings is 2. The van der Waals surface area contributed by atoms with Crippen molar-refractivity contribution in [2.75, 3.05) is 20.8 Å². The van der Waals surface area contributed by atoms with Crippen LogP contribution in [0.3, 0.4) is 0 Å². The van der Waals surface area contributed by atoms with Gasteiger partial charge in [-0.15, -0.1) is 0 Å². The molecule has 3 rings (SSSR count). The molecule has 8 nitrogen and oxygen atoms in total.